The van der Waals surface area contributed by atoms with Crippen LogP contribution in [0, 0.1) is 6.92 Å². The number of carbonyl (C=O) groups excluding carboxylic acids is 2. The van der Waals surface area contributed by atoms with Crippen molar-refractivity contribution in [1.29, 1.82) is 0 Å². The summed E-state index contributed by atoms with van der Waals surface area (Å²) in [4.78, 5) is 24.9. The first-order chi connectivity index (χ1) is 14.0. The van der Waals surface area contributed by atoms with E-state index in [0.717, 1.165) is 10.9 Å². The van der Waals surface area contributed by atoms with Gasteiger partial charge in [0, 0.05) is 10.9 Å². The minimum atomic E-state index is -0.637. The molecule has 0 aliphatic rings. The molecule has 29 heavy (non-hydrogen) atoms. The van der Waals surface area contributed by atoms with Gasteiger partial charge in [0.05, 0.1) is 33.8 Å². The predicted molar refractivity (Wildman–Crippen MR) is 107 cm³/mol. The zero-order valence-electron chi connectivity index (χ0n) is 16.8. The molecule has 0 fully saturated rings. The summed E-state index contributed by atoms with van der Waals surface area (Å²) >= 11 is 0. The number of nitrogens with one attached hydrogen (secondary N) is 1. The van der Waals surface area contributed by atoms with E-state index in [2.05, 4.69) is 5.32 Å². The van der Waals surface area contributed by atoms with Gasteiger partial charge in [-0.3, -0.25) is 9.59 Å². The maximum Gasteiger partial charge on any atom is 0.307 e. The molecule has 1 aromatic heterocycles. The third kappa shape index (κ3) is 4.18. The van der Waals surface area contributed by atoms with Crippen molar-refractivity contribution < 1.29 is 28.2 Å². The van der Waals surface area contributed by atoms with E-state index in [9.17, 15) is 9.59 Å². The summed E-state index contributed by atoms with van der Waals surface area (Å²) < 4.78 is 21.1. The Labute approximate surface area is 168 Å². The fraction of sp³-hybridized carbons (Fsp3) is 0.273. The molecule has 0 saturated carbocycles. The molecule has 2 aromatic carbocycles. The maximum atomic E-state index is 13.0. The van der Waals surface area contributed by atoms with Gasteiger partial charge in [-0.25, -0.2) is 0 Å². The SMILES string of the molecule is COC(=O)C[C@H](NC(=O)c1oc2ccccc2c1C)c1ccc(OC)c(OC)c1. The summed E-state index contributed by atoms with van der Waals surface area (Å²) in [6, 6.07) is 12.0. The van der Waals surface area contributed by atoms with Crippen LogP contribution in [0.4, 0.5) is 0 Å². The van der Waals surface area contributed by atoms with Crippen LogP contribution >= 0.6 is 0 Å². The molecule has 0 bridgehead atoms. The van der Waals surface area contributed by atoms with Crippen molar-refractivity contribution >= 4 is 22.8 Å². The Bertz CT molecular complexity index is 1040. The number of amides is 1. The second kappa shape index (κ2) is 8.68. The van der Waals surface area contributed by atoms with Crippen LogP contribution in [0.1, 0.15) is 34.1 Å². The Morgan fingerprint density at radius 2 is 1.76 bits per heavy atom. The fourth-order valence-corrected chi connectivity index (χ4v) is 3.19. The molecule has 152 valence electrons. The van der Waals surface area contributed by atoms with Crippen LogP contribution in [0.25, 0.3) is 11.0 Å². The zero-order chi connectivity index (χ0) is 21.0. The average molecular weight is 397 g/mol. The van der Waals surface area contributed by atoms with Gasteiger partial charge in [-0.1, -0.05) is 24.3 Å². The van der Waals surface area contributed by atoms with Crippen LogP contribution in [0.3, 0.4) is 0 Å². The molecule has 0 aliphatic heterocycles. The van der Waals surface area contributed by atoms with Crippen molar-refractivity contribution in [2.24, 2.45) is 0 Å². The monoisotopic (exact) mass is 397 g/mol. The molecule has 1 amide bonds. The number of para-hydroxylation sites is 1. The Morgan fingerprint density at radius 3 is 2.41 bits per heavy atom. The van der Waals surface area contributed by atoms with E-state index in [4.69, 9.17) is 18.6 Å². The van der Waals surface area contributed by atoms with E-state index in [1.807, 2.05) is 25.1 Å². The molecule has 7 nitrogen and oxygen atoms in total. The number of esters is 1. The van der Waals surface area contributed by atoms with Gasteiger partial charge in [-0.2, -0.15) is 0 Å². The van der Waals surface area contributed by atoms with Crippen molar-refractivity contribution in [2.45, 2.75) is 19.4 Å². The first-order valence-electron chi connectivity index (χ1n) is 9.06. The van der Waals surface area contributed by atoms with Gasteiger partial charge in [-0.15, -0.1) is 0 Å². The van der Waals surface area contributed by atoms with Gasteiger partial charge in [0.2, 0.25) is 0 Å². The molecule has 3 rings (SSSR count). The van der Waals surface area contributed by atoms with Gasteiger partial charge >= 0.3 is 5.97 Å². The van der Waals surface area contributed by atoms with E-state index >= 15 is 0 Å². The van der Waals surface area contributed by atoms with Gasteiger partial charge in [-0.05, 0) is 30.7 Å². The Balaban J connectivity index is 1.93. The molecule has 0 radical (unpaired) electrons. The number of hydrogen-bond acceptors (Lipinski definition) is 6. The van der Waals surface area contributed by atoms with E-state index < -0.39 is 17.9 Å². The number of ether oxygens (including phenoxy) is 3. The van der Waals surface area contributed by atoms with Crippen LogP contribution in [-0.2, 0) is 9.53 Å². The minimum Gasteiger partial charge on any atom is -0.493 e. The highest BCUT2D eigenvalue weighted by atomic mass is 16.5. The molecule has 0 unspecified atom stereocenters. The molecule has 3 aromatic rings. The average Bonchev–Trinajstić information content (AvgIpc) is 3.09. The standard InChI is InChI=1S/C22H23NO6/c1-13-15-7-5-6-8-17(15)29-21(13)22(25)23-16(12-20(24)28-4)14-9-10-18(26-2)19(11-14)27-3/h5-11,16H,12H2,1-4H3,(H,23,25)/t16-/m0/s1. The van der Waals surface area contributed by atoms with Crippen molar-refractivity contribution in [3.63, 3.8) is 0 Å². The molecule has 0 aliphatic carbocycles. The third-order valence-corrected chi connectivity index (χ3v) is 4.76. The lowest BCUT2D eigenvalue weighted by Gasteiger charge is -2.19. The van der Waals surface area contributed by atoms with Crippen LogP contribution in [0.2, 0.25) is 0 Å². The first kappa shape index (κ1) is 20.3. The largest absolute Gasteiger partial charge is 0.493 e. The van der Waals surface area contributed by atoms with Crippen molar-refractivity contribution in [1.82, 2.24) is 5.32 Å². The molecular weight excluding hydrogens is 374 g/mol. The Kier molecular flexibility index (Phi) is 6.07. The number of benzene rings is 2. The normalized spacial score (nSPS) is 11.7. The summed E-state index contributed by atoms with van der Waals surface area (Å²) in [6.07, 6.45) is -0.0446. The molecule has 0 spiro atoms. The van der Waals surface area contributed by atoms with Crippen molar-refractivity contribution in [3.8, 4) is 11.5 Å². The number of hydrogen-bond donors (Lipinski definition) is 1. The van der Waals surface area contributed by atoms with Crippen LogP contribution in [0.15, 0.2) is 46.9 Å². The smallest absolute Gasteiger partial charge is 0.307 e. The summed E-state index contributed by atoms with van der Waals surface area (Å²) in [5.41, 5.74) is 2.04. The van der Waals surface area contributed by atoms with Crippen LogP contribution in [0.5, 0.6) is 11.5 Å². The third-order valence-electron chi connectivity index (χ3n) is 4.76. The number of methoxy groups -OCH3 is 3. The fourth-order valence-electron chi connectivity index (χ4n) is 3.19. The Morgan fingerprint density at radius 1 is 1.03 bits per heavy atom. The van der Waals surface area contributed by atoms with Crippen LogP contribution < -0.4 is 14.8 Å². The number of aryl methyl sites for hydroxylation is 1. The van der Waals surface area contributed by atoms with Crippen LogP contribution in [-0.4, -0.2) is 33.2 Å². The highest BCUT2D eigenvalue weighted by molar-refractivity contribution is 5.99. The summed E-state index contributed by atoms with van der Waals surface area (Å²) in [5.74, 6) is 0.386. The van der Waals surface area contributed by atoms with E-state index in [-0.39, 0.29) is 12.2 Å². The molecular formula is C22H23NO6. The maximum absolute atomic E-state index is 13.0. The first-order valence-corrected chi connectivity index (χ1v) is 9.06. The topological polar surface area (TPSA) is 87.0 Å². The molecule has 1 atom stereocenters. The van der Waals surface area contributed by atoms with Gasteiger partial charge < -0.3 is 23.9 Å². The van der Waals surface area contributed by atoms with Gasteiger partial charge in [0.1, 0.15) is 5.58 Å². The number of carbonyl (C=O) groups is 2. The summed E-state index contributed by atoms with van der Waals surface area (Å²) in [6.45, 7) is 1.83. The molecule has 0 saturated heterocycles. The molecule has 1 heterocycles. The quantitative estimate of drug-likeness (QED) is 0.611. The van der Waals surface area contributed by atoms with E-state index in [1.54, 1.807) is 24.3 Å². The lowest BCUT2D eigenvalue weighted by atomic mass is 10.0. The second-order valence-corrected chi connectivity index (χ2v) is 6.47. The predicted octanol–water partition coefficient (Wildman–Crippen LogP) is 3.79. The number of rotatable bonds is 7. The van der Waals surface area contributed by atoms with Gasteiger partial charge in [0.15, 0.2) is 17.3 Å². The lowest BCUT2D eigenvalue weighted by Crippen LogP contribution is -2.30. The lowest BCUT2D eigenvalue weighted by molar-refractivity contribution is -0.141. The number of fused-ring (bicyclic) bond motifs is 1. The van der Waals surface area contributed by atoms with E-state index in [0.29, 0.717) is 22.6 Å². The minimum absolute atomic E-state index is 0.0446. The summed E-state index contributed by atoms with van der Waals surface area (Å²) in [5, 5.41) is 3.74. The zero-order valence-corrected chi connectivity index (χ0v) is 16.8. The molecule has 1 N–H and O–H groups in total. The Hall–Kier alpha value is -3.48. The highest BCUT2D eigenvalue weighted by Gasteiger charge is 2.24. The summed E-state index contributed by atoms with van der Waals surface area (Å²) in [7, 11) is 4.36. The van der Waals surface area contributed by atoms with Crippen molar-refractivity contribution in [2.75, 3.05) is 21.3 Å². The van der Waals surface area contributed by atoms with E-state index in [1.165, 1.54) is 21.3 Å². The second-order valence-electron chi connectivity index (χ2n) is 6.47. The van der Waals surface area contributed by atoms with Gasteiger partial charge in [0.25, 0.3) is 5.91 Å². The number of furan rings is 1. The highest BCUT2D eigenvalue weighted by Crippen LogP contribution is 2.32. The molecule has 7 heteroatoms. The van der Waals surface area contributed by atoms with Crippen molar-refractivity contribution in [3.05, 3.63) is 59.4 Å².